The van der Waals surface area contributed by atoms with Crippen molar-refractivity contribution in [3.8, 4) is 11.5 Å². The molecule has 4 aromatic rings. The number of fused-ring (bicyclic) bond motifs is 1. The molecule has 1 heterocycles. The summed E-state index contributed by atoms with van der Waals surface area (Å²) in [6, 6.07) is 27.7. The van der Waals surface area contributed by atoms with Gasteiger partial charge in [0.05, 0.1) is 25.5 Å². The Morgan fingerprint density at radius 1 is 0.735 bits per heavy atom. The van der Waals surface area contributed by atoms with Gasteiger partial charge in [-0.05, 0) is 29.7 Å². The third-order valence-corrected chi connectivity index (χ3v) is 5.82. The van der Waals surface area contributed by atoms with E-state index >= 15 is 0 Å². The van der Waals surface area contributed by atoms with Crippen LogP contribution in [0.25, 0.3) is 16.3 Å². The predicted molar refractivity (Wildman–Crippen MR) is 133 cm³/mol. The zero-order valence-electron chi connectivity index (χ0n) is 18.7. The molecule has 0 aromatic heterocycles. The molecule has 0 radical (unpaired) electrons. The summed E-state index contributed by atoms with van der Waals surface area (Å²) in [7, 11) is 3.08. The molecule has 4 aromatic carbocycles. The Bertz CT molecular complexity index is 1450. The van der Waals surface area contributed by atoms with Crippen molar-refractivity contribution in [3.63, 3.8) is 0 Å². The summed E-state index contributed by atoms with van der Waals surface area (Å²) in [6.07, 6.45) is 0. The molecule has 6 heteroatoms. The molecule has 34 heavy (non-hydrogen) atoms. The molecule has 1 N–H and O–H groups in total. The lowest BCUT2D eigenvalue weighted by Crippen LogP contribution is -2.32. The van der Waals surface area contributed by atoms with Gasteiger partial charge in [0.25, 0.3) is 11.8 Å². The molecule has 1 aliphatic rings. The van der Waals surface area contributed by atoms with Gasteiger partial charge < -0.3 is 14.8 Å². The number of carbonyl (C=O) groups excluding carboxylic acids is 2. The molecule has 5 rings (SSSR count). The number of para-hydroxylation sites is 1. The number of nitrogens with one attached hydrogen (secondary N) is 1. The van der Waals surface area contributed by atoms with Crippen LogP contribution in [-0.2, 0) is 9.59 Å². The van der Waals surface area contributed by atoms with Crippen LogP contribution in [0.3, 0.4) is 0 Å². The van der Waals surface area contributed by atoms with E-state index in [0.717, 1.165) is 21.4 Å². The first-order valence-electron chi connectivity index (χ1n) is 10.8. The zero-order valence-corrected chi connectivity index (χ0v) is 18.7. The second kappa shape index (κ2) is 8.75. The number of hydrogen-bond donors (Lipinski definition) is 1. The summed E-state index contributed by atoms with van der Waals surface area (Å²) in [6.45, 7) is 0. The summed E-state index contributed by atoms with van der Waals surface area (Å²) in [5.74, 6) is 0.161. The summed E-state index contributed by atoms with van der Waals surface area (Å²) in [5, 5.41) is 5.24. The molecule has 0 unspecified atom stereocenters. The molecular weight excluding hydrogens is 428 g/mol. The first kappa shape index (κ1) is 21.3. The standard InChI is InChI=1S/C28H22N2O4/c1-33-20-12-8-11-19(17-20)30-27(31)25(22-14-5-6-16-24(22)34-2)26(28(30)32)29-23-15-7-10-18-9-3-4-13-21(18)23/h3-17,29H,1-2H3. The highest BCUT2D eigenvalue weighted by atomic mass is 16.5. The molecule has 0 bridgehead atoms. The lowest BCUT2D eigenvalue weighted by Gasteiger charge is -2.16. The Labute approximate surface area is 197 Å². The average Bonchev–Trinajstić information content (AvgIpc) is 3.13. The van der Waals surface area contributed by atoms with Crippen LogP contribution in [0, 0.1) is 0 Å². The fourth-order valence-electron chi connectivity index (χ4n) is 4.20. The van der Waals surface area contributed by atoms with Gasteiger partial charge in [0.1, 0.15) is 17.2 Å². The molecule has 0 atom stereocenters. The number of imide groups is 1. The van der Waals surface area contributed by atoms with Crippen LogP contribution in [0.4, 0.5) is 11.4 Å². The number of methoxy groups -OCH3 is 2. The van der Waals surface area contributed by atoms with Crippen molar-refractivity contribution in [1.82, 2.24) is 0 Å². The highest BCUT2D eigenvalue weighted by Gasteiger charge is 2.41. The zero-order chi connectivity index (χ0) is 23.7. The molecule has 0 aliphatic carbocycles. The summed E-state index contributed by atoms with van der Waals surface area (Å²) in [4.78, 5) is 28.7. The Kier molecular flexibility index (Phi) is 5.47. The molecule has 0 saturated heterocycles. The maximum absolute atomic E-state index is 13.8. The smallest absolute Gasteiger partial charge is 0.282 e. The Morgan fingerprint density at radius 2 is 1.47 bits per heavy atom. The van der Waals surface area contributed by atoms with E-state index in [0.29, 0.717) is 22.7 Å². The van der Waals surface area contributed by atoms with Crippen molar-refractivity contribution in [2.45, 2.75) is 0 Å². The highest BCUT2D eigenvalue weighted by Crippen LogP contribution is 2.38. The summed E-state index contributed by atoms with van der Waals surface area (Å²) < 4.78 is 10.8. The van der Waals surface area contributed by atoms with Gasteiger partial charge in [-0.15, -0.1) is 0 Å². The number of carbonyl (C=O) groups is 2. The summed E-state index contributed by atoms with van der Waals surface area (Å²) >= 11 is 0. The minimum atomic E-state index is -0.452. The van der Waals surface area contributed by atoms with Crippen molar-refractivity contribution in [2.75, 3.05) is 24.4 Å². The van der Waals surface area contributed by atoms with E-state index in [1.54, 1.807) is 43.5 Å². The minimum Gasteiger partial charge on any atom is -0.497 e. The molecule has 1 aliphatic heterocycles. The minimum absolute atomic E-state index is 0.189. The molecular formula is C28H22N2O4. The molecule has 2 amide bonds. The Morgan fingerprint density at radius 3 is 2.29 bits per heavy atom. The maximum atomic E-state index is 13.8. The van der Waals surface area contributed by atoms with Crippen molar-refractivity contribution < 1.29 is 19.1 Å². The van der Waals surface area contributed by atoms with Crippen molar-refractivity contribution >= 4 is 39.5 Å². The monoisotopic (exact) mass is 450 g/mol. The van der Waals surface area contributed by atoms with Crippen LogP contribution >= 0.6 is 0 Å². The number of rotatable bonds is 6. The van der Waals surface area contributed by atoms with Gasteiger partial charge in [-0.2, -0.15) is 0 Å². The van der Waals surface area contributed by atoms with Crippen LogP contribution < -0.4 is 19.7 Å². The molecule has 0 spiro atoms. The van der Waals surface area contributed by atoms with E-state index in [9.17, 15) is 9.59 Å². The van der Waals surface area contributed by atoms with Gasteiger partial charge in [0.2, 0.25) is 0 Å². The largest absolute Gasteiger partial charge is 0.497 e. The lowest BCUT2D eigenvalue weighted by molar-refractivity contribution is -0.120. The van der Waals surface area contributed by atoms with Crippen molar-refractivity contribution in [2.24, 2.45) is 0 Å². The predicted octanol–water partition coefficient (Wildman–Crippen LogP) is 5.25. The Balaban J connectivity index is 1.69. The second-order valence-corrected chi connectivity index (χ2v) is 7.75. The number of hydrogen-bond acceptors (Lipinski definition) is 5. The van der Waals surface area contributed by atoms with Gasteiger partial charge in [-0.1, -0.05) is 60.7 Å². The lowest BCUT2D eigenvalue weighted by atomic mass is 10.0. The quantitative estimate of drug-likeness (QED) is 0.406. The van der Waals surface area contributed by atoms with Gasteiger partial charge in [0.15, 0.2) is 0 Å². The topological polar surface area (TPSA) is 67.9 Å². The van der Waals surface area contributed by atoms with Gasteiger partial charge in [-0.25, -0.2) is 4.90 Å². The van der Waals surface area contributed by atoms with E-state index in [-0.39, 0.29) is 11.3 Å². The number of anilines is 2. The van der Waals surface area contributed by atoms with Crippen LogP contribution in [0.1, 0.15) is 5.56 Å². The van der Waals surface area contributed by atoms with Crippen LogP contribution in [0.2, 0.25) is 0 Å². The normalized spacial score (nSPS) is 13.5. The molecule has 168 valence electrons. The number of amides is 2. The van der Waals surface area contributed by atoms with E-state index in [4.69, 9.17) is 9.47 Å². The highest BCUT2D eigenvalue weighted by molar-refractivity contribution is 6.46. The van der Waals surface area contributed by atoms with Crippen LogP contribution in [0.5, 0.6) is 11.5 Å². The van der Waals surface area contributed by atoms with Gasteiger partial charge in [0, 0.05) is 22.7 Å². The fourth-order valence-corrected chi connectivity index (χ4v) is 4.20. The second-order valence-electron chi connectivity index (χ2n) is 7.75. The number of nitrogens with zero attached hydrogens (tertiary/aromatic N) is 1. The Hall–Kier alpha value is -4.58. The van der Waals surface area contributed by atoms with Crippen molar-refractivity contribution in [3.05, 3.63) is 102 Å². The number of ether oxygens (including phenoxy) is 2. The van der Waals surface area contributed by atoms with Crippen LogP contribution in [0.15, 0.2) is 96.7 Å². The third-order valence-electron chi connectivity index (χ3n) is 5.82. The van der Waals surface area contributed by atoms with E-state index in [1.165, 1.54) is 7.11 Å². The van der Waals surface area contributed by atoms with Crippen molar-refractivity contribution in [1.29, 1.82) is 0 Å². The van der Waals surface area contributed by atoms with Gasteiger partial charge >= 0.3 is 0 Å². The SMILES string of the molecule is COc1cccc(N2C(=O)C(Nc3cccc4ccccc34)=C(c3ccccc3OC)C2=O)c1. The first-order valence-corrected chi connectivity index (χ1v) is 10.8. The van der Waals surface area contributed by atoms with Crippen LogP contribution in [-0.4, -0.2) is 26.0 Å². The molecule has 0 saturated carbocycles. The fraction of sp³-hybridized carbons (Fsp3) is 0.0714. The van der Waals surface area contributed by atoms with E-state index in [2.05, 4.69) is 5.32 Å². The summed E-state index contributed by atoms with van der Waals surface area (Å²) in [5.41, 5.74) is 2.13. The molecule has 6 nitrogen and oxygen atoms in total. The maximum Gasteiger partial charge on any atom is 0.282 e. The number of benzene rings is 4. The third kappa shape index (κ3) is 3.55. The van der Waals surface area contributed by atoms with Gasteiger partial charge in [-0.3, -0.25) is 9.59 Å². The average molecular weight is 450 g/mol. The van der Waals surface area contributed by atoms with E-state index < -0.39 is 11.8 Å². The van der Waals surface area contributed by atoms with E-state index in [1.807, 2.05) is 54.6 Å². The first-order chi connectivity index (χ1) is 16.6. The molecule has 0 fully saturated rings.